The molecule has 0 aromatic heterocycles. The second-order valence-corrected chi connectivity index (χ2v) is 6.52. The lowest BCUT2D eigenvalue weighted by Gasteiger charge is -2.34. The highest BCUT2D eigenvalue weighted by atomic mass is 16.2. The summed E-state index contributed by atoms with van der Waals surface area (Å²) in [4.78, 5) is 28.6. The maximum Gasteiger partial charge on any atom is 0.233 e. The molecule has 0 saturated carbocycles. The normalized spacial score (nSPS) is 14.4. The highest BCUT2D eigenvalue weighted by Gasteiger charge is 2.23. The summed E-state index contributed by atoms with van der Waals surface area (Å²) in [6.45, 7) is 3.69. The molecule has 1 fully saturated rings. The van der Waals surface area contributed by atoms with E-state index < -0.39 is 5.91 Å². The Kier molecular flexibility index (Phi) is 6.18. The predicted molar refractivity (Wildman–Crippen MR) is 103 cm³/mol. The number of anilines is 1. The fourth-order valence-corrected chi connectivity index (χ4v) is 3.13. The minimum atomic E-state index is -0.394. The second kappa shape index (κ2) is 8.97. The van der Waals surface area contributed by atoms with E-state index >= 15 is 0 Å². The van der Waals surface area contributed by atoms with E-state index in [2.05, 4.69) is 22.3 Å². The number of amides is 2. The Balaban J connectivity index is 1.46. The van der Waals surface area contributed by atoms with Crippen LogP contribution in [-0.4, -0.2) is 47.8 Å². The molecule has 1 N–H and O–H groups in total. The molecule has 0 spiro atoms. The molecule has 1 aliphatic rings. The first kappa shape index (κ1) is 18.6. The smallest absolute Gasteiger partial charge is 0.233 e. The van der Waals surface area contributed by atoms with Crippen LogP contribution in [0.25, 0.3) is 0 Å². The van der Waals surface area contributed by atoms with Gasteiger partial charge in [0, 0.05) is 32.7 Å². The number of nitrogens with one attached hydrogen (secondary N) is 1. The van der Waals surface area contributed by atoms with E-state index in [0.29, 0.717) is 24.3 Å². The zero-order valence-electron chi connectivity index (χ0n) is 15.1. The molecule has 6 nitrogen and oxygen atoms in total. The minimum Gasteiger partial charge on any atom is -0.340 e. The van der Waals surface area contributed by atoms with E-state index in [-0.39, 0.29) is 12.3 Å². The predicted octanol–water partition coefficient (Wildman–Crippen LogP) is 2.23. The summed E-state index contributed by atoms with van der Waals surface area (Å²) in [6.07, 6.45) is -0.210. The van der Waals surface area contributed by atoms with Crippen LogP contribution in [-0.2, 0) is 16.1 Å². The van der Waals surface area contributed by atoms with Gasteiger partial charge in [0.25, 0.3) is 0 Å². The molecule has 1 heterocycles. The summed E-state index contributed by atoms with van der Waals surface area (Å²) in [5, 5.41) is 11.7. The van der Waals surface area contributed by atoms with Crippen molar-refractivity contribution >= 4 is 17.5 Å². The van der Waals surface area contributed by atoms with Gasteiger partial charge in [-0.15, -0.1) is 0 Å². The Bertz CT molecular complexity index is 837. The van der Waals surface area contributed by atoms with E-state index in [1.54, 1.807) is 29.2 Å². The van der Waals surface area contributed by atoms with Crippen molar-refractivity contribution in [1.82, 2.24) is 9.80 Å². The molecular weight excluding hydrogens is 340 g/mol. The third-order valence-corrected chi connectivity index (χ3v) is 4.61. The number of hydrogen-bond donors (Lipinski definition) is 1. The minimum absolute atomic E-state index is 0.179. The molecule has 2 amide bonds. The molecule has 0 aliphatic carbocycles. The van der Waals surface area contributed by atoms with Crippen LogP contribution in [0.2, 0.25) is 0 Å². The average molecular weight is 362 g/mol. The molecule has 2 aromatic rings. The molecule has 0 atom stereocenters. The van der Waals surface area contributed by atoms with Gasteiger partial charge in [-0.05, 0) is 17.7 Å². The van der Waals surface area contributed by atoms with Crippen LogP contribution >= 0.6 is 0 Å². The standard InChI is InChI=1S/C21H22N4O2/c22-15-18-8-4-5-9-19(18)23-20(26)14-21(27)25-12-10-24(11-13-25)16-17-6-2-1-3-7-17/h1-9H,10-14,16H2,(H,23,26). The summed E-state index contributed by atoms with van der Waals surface area (Å²) >= 11 is 0. The van der Waals surface area contributed by atoms with E-state index in [1.807, 2.05) is 24.3 Å². The van der Waals surface area contributed by atoms with Crippen LogP contribution in [0.1, 0.15) is 17.5 Å². The van der Waals surface area contributed by atoms with Gasteiger partial charge in [0.1, 0.15) is 12.5 Å². The summed E-state index contributed by atoms with van der Waals surface area (Å²) < 4.78 is 0. The Morgan fingerprint density at radius 3 is 2.33 bits per heavy atom. The number of para-hydroxylation sites is 1. The number of benzene rings is 2. The second-order valence-electron chi connectivity index (χ2n) is 6.52. The van der Waals surface area contributed by atoms with Crippen LogP contribution in [0.5, 0.6) is 0 Å². The first-order chi connectivity index (χ1) is 13.2. The zero-order chi connectivity index (χ0) is 19.1. The van der Waals surface area contributed by atoms with Crippen molar-refractivity contribution in [2.45, 2.75) is 13.0 Å². The van der Waals surface area contributed by atoms with E-state index in [0.717, 1.165) is 19.6 Å². The first-order valence-corrected chi connectivity index (χ1v) is 8.99. The van der Waals surface area contributed by atoms with Crippen molar-refractivity contribution < 1.29 is 9.59 Å². The number of hydrogen-bond acceptors (Lipinski definition) is 4. The maximum absolute atomic E-state index is 12.4. The van der Waals surface area contributed by atoms with Crippen LogP contribution in [0.15, 0.2) is 54.6 Å². The Labute approximate surface area is 159 Å². The molecule has 6 heteroatoms. The highest BCUT2D eigenvalue weighted by molar-refractivity contribution is 6.04. The van der Waals surface area contributed by atoms with Crippen molar-refractivity contribution in [2.24, 2.45) is 0 Å². The third kappa shape index (κ3) is 5.16. The largest absolute Gasteiger partial charge is 0.340 e. The molecule has 3 rings (SSSR count). The van der Waals surface area contributed by atoms with Crippen LogP contribution < -0.4 is 5.32 Å². The molecule has 1 aliphatic heterocycles. The van der Waals surface area contributed by atoms with Gasteiger partial charge in [0.05, 0.1) is 11.3 Å². The number of carbonyl (C=O) groups is 2. The Hall–Kier alpha value is -3.17. The van der Waals surface area contributed by atoms with Gasteiger partial charge in [0.15, 0.2) is 0 Å². The summed E-state index contributed by atoms with van der Waals surface area (Å²) in [7, 11) is 0. The van der Waals surface area contributed by atoms with Gasteiger partial charge in [-0.2, -0.15) is 5.26 Å². The van der Waals surface area contributed by atoms with E-state index in [4.69, 9.17) is 5.26 Å². The van der Waals surface area contributed by atoms with Crippen molar-refractivity contribution in [3.63, 3.8) is 0 Å². The summed E-state index contributed by atoms with van der Waals surface area (Å²) in [5.41, 5.74) is 2.08. The van der Waals surface area contributed by atoms with Crippen molar-refractivity contribution in [1.29, 1.82) is 5.26 Å². The van der Waals surface area contributed by atoms with Gasteiger partial charge in [-0.25, -0.2) is 0 Å². The Morgan fingerprint density at radius 2 is 1.63 bits per heavy atom. The third-order valence-electron chi connectivity index (χ3n) is 4.61. The van der Waals surface area contributed by atoms with Crippen molar-refractivity contribution in [3.05, 3.63) is 65.7 Å². The lowest BCUT2D eigenvalue weighted by atomic mass is 10.2. The first-order valence-electron chi connectivity index (χ1n) is 8.99. The van der Waals surface area contributed by atoms with Crippen LogP contribution in [0, 0.1) is 11.3 Å². The van der Waals surface area contributed by atoms with Crippen molar-refractivity contribution in [3.8, 4) is 6.07 Å². The molecule has 2 aromatic carbocycles. The monoisotopic (exact) mass is 362 g/mol. The van der Waals surface area contributed by atoms with Gasteiger partial charge in [0.2, 0.25) is 11.8 Å². The topological polar surface area (TPSA) is 76.4 Å². The van der Waals surface area contributed by atoms with E-state index in [1.165, 1.54) is 5.56 Å². The molecular formula is C21H22N4O2. The van der Waals surface area contributed by atoms with Crippen LogP contribution in [0.4, 0.5) is 5.69 Å². The number of carbonyl (C=O) groups excluding carboxylic acids is 2. The van der Waals surface area contributed by atoms with Gasteiger partial charge >= 0.3 is 0 Å². The molecule has 0 unspecified atom stereocenters. The molecule has 1 saturated heterocycles. The summed E-state index contributed by atoms with van der Waals surface area (Å²) in [6, 6.07) is 19.0. The molecule has 138 valence electrons. The number of nitrogens with zero attached hydrogens (tertiary/aromatic N) is 3. The fraction of sp³-hybridized carbons (Fsp3) is 0.286. The quantitative estimate of drug-likeness (QED) is 0.828. The van der Waals surface area contributed by atoms with Gasteiger partial charge < -0.3 is 10.2 Å². The lowest BCUT2D eigenvalue weighted by Crippen LogP contribution is -2.48. The maximum atomic E-state index is 12.4. The fourth-order valence-electron chi connectivity index (χ4n) is 3.13. The Morgan fingerprint density at radius 1 is 0.963 bits per heavy atom. The van der Waals surface area contributed by atoms with Crippen LogP contribution in [0.3, 0.4) is 0 Å². The lowest BCUT2D eigenvalue weighted by molar-refractivity contribution is -0.136. The average Bonchev–Trinajstić information content (AvgIpc) is 2.69. The molecule has 0 radical (unpaired) electrons. The van der Waals surface area contributed by atoms with Gasteiger partial charge in [-0.3, -0.25) is 14.5 Å². The highest BCUT2D eigenvalue weighted by Crippen LogP contribution is 2.14. The van der Waals surface area contributed by atoms with Gasteiger partial charge in [-0.1, -0.05) is 42.5 Å². The number of nitriles is 1. The van der Waals surface area contributed by atoms with E-state index in [9.17, 15) is 9.59 Å². The summed E-state index contributed by atoms with van der Waals surface area (Å²) in [5.74, 6) is -0.573. The number of piperazine rings is 1. The molecule has 0 bridgehead atoms. The molecule has 27 heavy (non-hydrogen) atoms. The number of rotatable bonds is 5. The van der Waals surface area contributed by atoms with Crippen molar-refractivity contribution in [2.75, 3.05) is 31.5 Å². The zero-order valence-corrected chi connectivity index (χ0v) is 15.1. The SMILES string of the molecule is N#Cc1ccccc1NC(=O)CC(=O)N1CCN(Cc2ccccc2)CC1.